The fourth-order valence-corrected chi connectivity index (χ4v) is 1.79. The second-order valence-electron chi connectivity index (χ2n) is 3.89. The Morgan fingerprint density at radius 1 is 1.19 bits per heavy atom. The predicted molar refractivity (Wildman–Crippen MR) is 71.4 cm³/mol. The summed E-state index contributed by atoms with van der Waals surface area (Å²) >= 11 is 0. The lowest BCUT2D eigenvalue weighted by Crippen LogP contribution is -2.24. The number of amides is 1. The van der Waals surface area contributed by atoms with Crippen molar-refractivity contribution in [2.75, 3.05) is 21.3 Å². The van der Waals surface area contributed by atoms with E-state index in [1.54, 1.807) is 12.1 Å². The molecule has 0 fully saturated rings. The van der Waals surface area contributed by atoms with Gasteiger partial charge in [-0.1, -0.05) is 5.21 Å². The molecule has 0 saturated carbocycles. The van der Waals surface area contributed by atoms with Crippen LogP contribution in [0, 0.1) is 0 Å². The maximum absolute atomic E-state index is 12.2. The van der Waals surface area contributed by atoms with Crippen LogP contribution in [0.25, 0.3) is 0 Å². The summed E-state index contributed by atoms with van der Waals surface area (Å²) in [7, 11) is 4.43. The average Bonchev–Trinajstić information content (AvgIpc) is 3.04. The van der Waals surface area contributed by atoms with Crippen LogP contribution in [0.2, 0.25) is 0 Å². The maximum Gasteiger partial charge on any atom is 0.255 e. The van der Waals surface area contributed by atoms with Crippen LogP contribution >= 0.6 is 0 Å². The molecule has 0 radical (unpaired) electrons. The van der Waals surface area contributed by atoms with Gasteiger partial charge in [-0.2, -0.15) is 5.21 Å². The van der Waals surface area contributed by atoms with Gasteiger partial charge in [0.1, 0.15) is 0 Å². The van der Waals surface area contributed by atoms with E-state index in [0.29, 0.717) is 28.6 Å². The van der Waals surface area contributed by atoms with Crippen molar-refractivity contribution >= 4 is 5.91 Å². The molecule has 0 unspecified atom stereocenters. The molecular formula is C12H15N5O4. The number of benzene rings is 1. The van der Waals surface area contributed by atoms with Gasteiger partial charge in [0.15, 0.2) is 17.3 Å². The molecule has 1 amide bonds. The minimum atomic E-state index is -0.349. The summed E-state index contributed by atoms with van der Waals surface area (Å²) in [6, 6.07) is 3.22. The molecule has 0 bridgehead atoms. The van der Waals surface area contributed by atoms with Crippen molar-refractivity contribution in [2.24, 2.45) is 0 Å². The van der Waals surface area contributed by atoms with Gasteiger partial charge in [-0.3, -0.25) is 4.79 Å². The first-order valence-electron chi connectivity index (χ1n) is 6.00. The van der Waals surface area contributed by atoms with Crippen molar-refractivity contribution in [1.29, 1.82) is 0 Å². The van der Waals surface area contributed by atoms with Crippen molar-refractivity contribution in [3.63, 3.8) is 0 Å². The van der Waals surface area contributed by atoms with E-state index in [-0.39, 0.29) is 12.5 Å². The summed E-state index contributed by atoms with van der Waals surface area (Å²) < 4.78 is 15.6. The van der Waals surface area contributed by atoms with Crippen LogP contribution < -0.4 is 19.5 Å². The zero-order chi connectivity index (χ0) is 15.2. The molecule has 9 heteroatoms. The first kappa shape index (κ1) is 14.6. The maximum atomic E-state index is 12.2. The molecule has 2 aromatic rings. The molecule has 0 saturated heterocycles. The van der Waals surface area contributed by atoms with Gasteiger partial charge in [-0.25, -0.2) is 0 Å². The van der Waals surface area contributed by atoms with Gasteiger partial charge < -0.3 is 19.5 Å². The number of methoxy groups -OCH3 is 3. The number of carbonyl (C=O) groups is 1. The van der Waals surface area contributed by atoms with E-state index in [4.69, 9.17) is 14.2 Å². The number of carbonyl (C=O) groups excluding carboxylic acids is 1. The summed E-state index contributed by atoms with van der Waals surface area (Å²) in [4.78, 5) is 12.2. The number of aromatic nitrogens is 4. The SMILES string of the molecule is COc1ccc(C(=O)NCc2nn[nH]n2)c(OC)c1OC. The van der Waals surface area contributed by atoms with Gasteiger partial charge in [0, 0.05) is 0 Å². The smallest absolute Gasteiger partial charge is 0.255 e. The normalized spacial score (nSPS) is 10.0. The molecular weight excluding hydrogens is 278 g/mol. The molecule has 1 heterocycles. The topological polar surface area (TPSA) is 111 Å². The largest absolute Gasteiger partial charge is 0.493 e. The van der Waals surface area contributed by atoms with Crippen molar-refractivity contribution in [1.82, 2.24) is 25.9 Å². The monoisotopic (exact) mass is 293 g/mol. The van der Waals surface area contributed by atoms with Crippen LogP contribution in [-0.4, -0.2) is 47.9 Å². The number of tetrazole rings is 1. The van der Waals surface area contributed by atoms with Crippen LogP contribution in [0.15, 0.2) is 12.1 Å². The molecule has 21 heavy (non-hydrogen) atoms. The molecule has 0 aliphatic rings. The number of H-pyrrole nitrogens is 1. The predicted octanol–water partition coefficient (Wildman–Crippen LogP) is 0.155. The van der Waals surface area contributed by atoms with E-state index in [1.165, 1.54) is 21.3 Å². The summed E-state index contributed by atoms with van der Waals surface area (Å²) in [5.74, 6) is 1.15. The summed E-state index contributed by atoms with van der Waals surface area (Å²) in [6.45, 7) is 0.146. The minimum Gasteiger partial charge on any atom is -0.493 e. The van der Waals surface area contributed by atoms with Gasteiger partial charge in [0.05, 0.1) is 33.4 Å². The minimum absolute atomic E-state index is 0.146. The summed E-state index contributed by atoms with van der Waals surface area (Å²) in [5, 5.41) is 15.9. The number of hydrogen-bond donors (Lipinski definition) is 2. The van der Waals surface area contributed by atoms with E-state index in [1.807, 2.05) is 0 Å². The fourth-order valence-electron chi connectivity index (χ4n) is 1.79. The van der Waals surface area contributed by atoms with Crippen molar-refractivity contribution in [3.05, 3.63) is 23.5 Å². The average molecular weight is 293 g/mol. The highest BCUT2D eigenvalue weighted by atomic mass is 16.5. The molecule has 0 aliphatic carbocycles. The highest BCUT2D eigenvalue weighted by Crippen LogP contribution is 2.39. The lowest BCUT2D eigenvalue weighted by Gasteiger charge is -2.15. The van der Waals surface area contributed by atoms with Gasteiger partial charge in [-0.05, 0) is 12.1 Å². The summed E-state index contributed by atoms with van der Waals surface area (Å²) in [6.07, 6.45) is 0. The Morgan fingerprint density at radius 3 is 2.52 bits per heavy atom. The Labute approximate surface area is 120 Å². The number of aromatic amines is 1. The first-order valence-corrected chi connectivity index (χ1v) is 6.00. The van der Waals surface area contributed by atoms with E-state index in [9.17, 15) is 4.79 Å². The third-order valence-corrected chi connectivity index (χ3v) is 2.75. The van der Waals surface area contributed by atoms with Gasteiger partial charge >= 0.3 is 0 Å². The number of hydrogen-bond acceptors (Lipinski definition) is 7. The van der Waals surface area contributed by atoms with Crippen LogP contribution in [0.1, 0.15) is 16.2 Å². The summed E-state index contributed by atoms with van der Waals surface area (Å²) in [5.41, 5.74) is 0.318. The Morgan fingerprint density at radius 2 is 1.95 bits per heavy atom. The van der Waals surface area contributed by atoms with E-state index < -0.39 is 0 Å². The van der Waals surface area contributed by atoms with Crippen molar-refractivity contribution in [3.8, 4) is 17.2 Å². The van der Waals surface area contributed by atoms with Crippen LogP contribution in [0.3, 0.4) is 0 Å². The van der Waals surface area contributed by atoms with E-state index in [0.717, 1.165) is 0 Å². The molecule has 0 spiro atoms. The van der Waals surface area contributed by atoms with Crippen molar-refractivity contribution < 1.29 is 19.0 Å². The fraction of sp³-hybridized carbons (Fsp3) is 0.333. The molecule has 0 atom stereocenters. The molecule has 1 aromatic heterocycles. The lowest BCUT2D eigenvalue weighted by atomic mass is 10.1. The molecule has 112 valence electrons. The van der Waals surface area contributed by atoms with Gasteiger partial charge in [0.25, 0.3) is 5.91 Å². The standard InChI is InChI=1S/C12H15N5O4/c1-19-8-5-4-7(10(20-2)11(8)21-3)12(18)13-6-9-14-16-17-15-9/h4-5H,6H2,1-3H3,(H,13,18)(H,14,15,16,17). The zero-order valence-electron chi connectivity index (χ0n) is 11.8. The number of ether oxygens (including phenoxy) is 3. The lowest BCUT2D eigenvalue weighted by molar-refractivity contribution is 0.0946. The van der Waals surface area contributed by atoms with E-state index >= 15 is 0 Å². The number of nitrogens with one attached hydrogen (secondary N) is 2. The van der Waals surface area contributed by atoms with E-state index in [2.05, 4.69) is 25.9 Å². The van der Waals surface area contributed by atoms with Gasteiger partial charge in [-0.15, -0.1) is 10.2 Å². The molecule has 9 nitrogen and oxygen atoms in total. The quantitative estimate of drug-likeness (QED) is 0.780. The highest BCUT2D eigenvalue weighted by Gasteiger charge is 2.20. The van der Waals surface area contributed by atoms with Gasteiger partial charge in [0.2, 0.25) is 5.75 Å². The Balaban J connectivity index is 2.23. The first-order chi connectivity index (χ1) is 10.2. The zero-order valence-corrected chi connectivity index (χ0v) is 11.8. The Hall–Kier alpha value is -2.84. The third-order valence-electron chi connectivity index (χ3n) is 2.75. The van der Waals surface area contributed by atoms with Crippen LogP contribution in [0.4, 0.5) is 0 Å². The molecule has 2 rings (SSSR count). The number of rotatable bonds is 6. The molecule has 0 aliphatic heterocycles. The van der Waals surface area contributed by atoms with Crippen LogP contribution in [0.5, 0.6) is 17.2 Å². The van der Waals surface area contributed by atoms with Crippen LogP contribution in [-0.2, 0) is 6.54 Å². The third kappa shape index (κ3) is 3.02. The second-order valence-corrected chi connectivity index (χ2v) is 3.89. The second kappa shape index (κ2) is 6.55. The Kier molecular flexibility index (Phi) is 4.54. The Bertz CT molecular complexity index is 614. The molecule has 2 N–H and O–H groups in total. The molecule has 1 aromatic carbocycles. The van der Waals surface area contributed by atoms with Crippen molar-refractivity contribution in [2.45, 2.75) is 6.54 Å². The highest BCUT2D eigenvalue weighted by molar-refractivity contribution is 5.98. The number of nitrogens with zero attached hydrogens (tertiary/aromatic N) is 3.